The van der Waals surface area contributed by atoms with Gasteiger partial charge in [-0.1, -0.05) is 17.7 Å². The van der Waals surface area contributed by atoms with Crippen LogP contribution in [0.3, 0.4) is 0 Å². The van der Waals surface area contributed by atoms with Gasteiger partial charge in [0.25, 0.3) is 0 Å². The SMILES string of the molecule is Clc1cnc(-c2cccc(Br)n2)s1. The first-order valence-corrected chi connectivity index (χ1v) is 5.49. The molecule has 0 fully saturated rings. The van der Waals surface area contributed by atoms with Crippen molar-refractivity contribution in [3.63, 3.8) is 0 Å². The summed E-state index contributed by atoms with van der Waals surface area (Å²) in [7, 11) is 0. The van der Waals surface area contributed by atoms with Crippen LogP contribution >= 0.6 is 38.9 Å². The Kier molecular flexibility index (Phi) is 2.62. The Morgan fingerprint density at radius 3 is 2.85 bits per heavy atom. The fourth-order valence-electron chi connectivity index (χ4n) is 0.900. The maximum atomic E-state index is 5.77. The van der Waals surface area contributed by atoms with Crippen molar-refractivity contribution in [2.24, 2.45) is 0 Å². The van der Waals surface area contributed by atoms with E-state index in [1.807, 2.05) is 18.2 Å². The van der Waals surface area contributed by atoms with E-state index in [-0.39, 0.29) is 0 Å². The molecule has 0 aliphatic rings. The minimum absolute atomic E-state index is 0.678. The smallest absolute Gasteiger partial charge is 0.143 e. The summed E-state index contributed by atoms with van der Waals surface area (Å²) in [5.41, 5.74) is 0.839. The van der Waals surface area contributed by atoms with E-state index in [1.54, 1.807) is 6.20 Å². The Bertz CT molecular complexity index is 430. The fourth-order valence-corrected chi connectivity index (χ4v) is 2.13. The topological polar surface area (TPSA) is 25.8 Å². The van der Waals surface area contributed by atoms with Gasteiger partial charge in [0.15, 0.2) is 0 Å². The first-order valence-electron chi connectivity index (χ1n) is 3.50. The Morgan fingerprint density at radius 1 is 1.38 bits per heavy atom. The number of aromatic nitrogens is 2. The van der Waals surface area contributed by atoms with Crippen molar-refractivity contribution in [1.29, 1.82) is 0 Å². The summed E-state index contributed by atoms with van der Waals surface area (Å²) in [4.78, 5) is 8.39. The molecule has 0 bridgehead atoms. The largest absolute Gasteiger partial charge is 0.241 e. The van der Waals surface area contributed by atoms with Crippen LogP contribution in [-0.2, 0) is 0 Å². The van der Waals surface area contributed by atoms with Gasteiger partial charge in [-0.05, 0) is 28.1 Å². The molecule has 0 atom stereocenters. The van der Waals surface area contributed by atoms with Crippen LogP contribution in [0.2, 0.25) is 4.34 Å². The Morgan fingerprint density at radius 2 is 2.23 bits per heavy atom. The molecule has 2 rings (SSSR count). The highest BCUT2D eigenvalue weighted by Crippen LogP contribution is 2.27. The second-order valence-corrected chi connectivity index (χ2v) is 4.79. The number of nitrogens with zero attached hydrogens (tertiary/aromatic N) is 2. The van der Waals surface area contributed by atoms with Crippen molar-refractivity contribution in [3.8, 4) is 10.7 Å². The molecule has 2 aromatic heterocycles. The molecule has 2 heterocycles. The standard InChI is InChI=1S/C8H4BrClN2S/c9-6-3-1-2-5(12-6)8-11-4-7(10)13-8/h1-4H. The second-order valence-electron chi connectivity index (χ2n) is 2.32. The van der Waals surface area contributed by atoms with Gasteiger partial charge in [0.05, 0.1) is 6.20 Å². The Hall–Kier alpha value is -0.450. The molecular weight excluding hydrogens is 272 g/mol. The maximum absolute atomic E-state index is 5.77. The van der Waals surface area contributed by atoms with Gasteiger partial charge in [0.2, 0.25) is 0 Å². The van der Waals surface area contributed by atoms with Crippen molar-refractivity contribution in [2.45, 2.75) is 0 Å². The zero-order chi connectivity index (χ0) is 9.26. The predicted octanol–water partition coefficient (Wildman–Crippen LogP) is 3.62. The van der Waals surface area contributed by atoms with Crippen LogP contribution in [0, 0.1) is 0 Å². The number of halogens is 2. The third-order valence-corrected chi connectivity index (χ3v) is 2.99. The number of thiazole rings is 1. The summed E-state index contributed by atoms with van der Waals surface area (Å²) < 4.78 is 1.48. The van der Waals surface area contributed by atoms with Gasteiger partial charge in [-0.15, -0.1) is 11.3 Å². The van der Waals surface area contributed by atoms with Crippen LogP contribution in [0.4, 0.5) is 0 Å². The monoisotopic (exact) mass is 274 g/mol. The Labute approximate surface area is 92.7 Å². The van der Waals surface area contributed by atoms with Crippen LogP contribution in [0.1, 0.15) is 0 Å². The molecule has 2 aromatic rings. The quantitative estimate of drug-likeness (QED) is 0.743. The lowest BCUT2D eigenvalue weighted by Gasteiger charge is -1.94. The number of hydrogen-bond donors (Lipinski definition) is 0. The molecule has 0 spiro atoms. The summed E-state index contributed by atoms with van der Waals surface area (Å²) in [6.07, 6.45) is 1.63. The van der Waals surface area contributed by atoms with Crippen LogP contribution in [0.5, 0.6) is 0 Å². The lowest BCUT2D eigenvalue weighted by molar-refractivity contribution is 1.26. The molecule has 2 nitrogen and oxygen atoms in total. The molecule has 0 radical (unpaired) electrons. The number of rotatable bonds is 1. The van der Waals surface area contributed by atoms with Crippen LogP contribution in [0.15, 0.2) is 29.0 Å². The summed E-state index contributed by atoms with van der Waals surface area (Å²) in [6, 6.07) is 5.69. The van der Waals surface area contributed by atoms with Crippen molar-refractivity contribution < 1.29 is 0 Å². The summed E-state index contributed by atoms with van der Waals surface area (Å²) in [5, 5.41) is 0.839. The van der Waals surface area contributed by atoms with Gasteiger partial charge in [0, 0.05) is 0 Å². The minimum atomic E-state index is 0.678. The summed E-state index contributed by atoms with van der Waals surface area (Å²) in [5.74, 6) is 0. The van der Waals surface area contributed by atoms with E-state index in [2.05, 4.69) is 25.9 Å². The predicted molar refractivity (Wildman–Crippen MR) is 58.1 cm³/mol. The molecule has 0 aliphatic carbocycles. The molecule has 0 amide bonds. The van der Waals surface area contributed by atoms with Gasteiger partial charge in [-0.3, -0.25) is 0 Å². The van der Waals surface area contributed by atoms with Gasteiger partial charge >= 0.3 is 0 Å². The molecule has 0 saturated carbocycles. The van der Waals surface area contributed by atoms with E-state index in [4.69, 9.17) is 11.6 Å². The highest BCUT2D eigenvalue weighted by Gasteiger charge is 2.04. The first kappa shape index (κ1) is 9.12. The number of pyridine rings is 1. The van der Waals surface area contributed by atoms with Crippen LogP contribution in [-0.4, -0.2) is 9.97 Å². The third-order valence-electron chi connectivity index (χ3n) is 1.41. The van der Waals surface area contributed by atoms with E-state index >= 15 is 0 Å². The molecular formula is C8H4BrClN2S. The minimum Gasteiger partial charge on any atom is -0.241 e. The molecule has 13 heavy (non-hydrogen) atoms. The molecule has 0 saturated heterocycles. The maximum Gasteiger partial charge on any atom is 0.143 e. The van der Waals surface area contributed by atoms with Gasteiger partial charge in [-0.2, -0.15) is 0 Å². The Balaban J connectivity index is 2.46. The molecule has 0 unspecified atom stereocenters. The molecule has 0 N–H and O–H groups in total. The molecule has 0 aromatic carbocycles. The van der Waals surface area contributed by atoms with Gasteiger partial charge in [0.1, 0.15) is 19.6 Å². The molecule has 5 heteroatoms. The van der Waals surface area contributed by atoms with Crippen LogP contribution in [0.25, 0.3) is 10.7 Å². The fraction of sp³-hybridized carbons (Fsp3) is 0. The van der Waals surface area contributed by atoms with E-state index in [0.29, 0.717) is 4.34 Å². The van der Waals surface area contributed by atoms with Gasteiger partial charge in [-0.25, -0.2) is 9.97 Å². The van der Waals surface area contributed by atoms with Crippen molar-refractivity contribution in [2.75, 3.05) is 0 Å². The van der Waals surface area contributed by atoms with E-state index < -0.39 is 0 Å². The highest BCUT2D eigenvalue weighted by molar-refractivity contribution is 9.10. The van der Waals surface area contributed by atoms with E-state index in [9.17, 15) is 0 Å². The van der Waals surface area contributed by atoms with Gasteiger partial charge < -0.3 is 0 Å². The summed E-state index contributed by atoms with van der Waals surface area (Å²) in [6.45, 7) is 0. The molecule has 0 aliphatic heterocycles. The lowest BCUT2D eigenvalue weighted by atomic mass is 10.4. The van der Waals surface area contributed by atoms with Crippen molar-refractivity contribution in [1.82, 2.24) is 9.97 Å². The zero-order valence-corrected chi connectivity index (χ0v) is 9.53. The second kappa shape index (κ2) is 3.74. The van der Waals surface area contributed by atoms with E-state index in [1.165, 1.54) is 11.3 Å². The average molecular weight is 276 g/mol. The highest BCUT2D eigenvalue weighted by atomic mass is 79.9. The van der Waals surface area contributed by atoms with E-state index in [0.717, 1.165) is 15.3 Å². The van der Waals surface area contributed by atoms with Crippen LogP contribution < -0.4 is 0 Å². The first-order chi connectivity index (χ1) is 6.25. The van der Waals surface area contributed by atoms with Crippen molar-refractivity contribution >= 4 is 38.9 Å². The third kappa shape index (κ3) is 2.07. The normalized spacial score (nSPS) is 10.3. The summed E-state index contributed by atoms with van der Waals surface area (Å²) >= 11 is 10.5. The number of hydrogen-bond acceptors (Lipinski definition) is 3. The lowest BCUT2D eigenvalue weighted by Crippen LogP contribution is -1.81. The average Bonchev–Trinajstić information content (AvgIpc) is 2.52. The zero-order valence-electron chi connectivity index (χ0n) is 6.37. The molecule has 66 valence electrons. The van der Waals surface area contributed by atoms with Crippen molar-refractivity contribution in [3.05, 3.63) is 33.3 Å².